The zero-order valence-corrected chi connectivity index (χ0v) is 15.0. The number of halogens is 2. The summed E-state index contributed by atoms with van der Waals surface area (Å²) in [5.74, 6) is -0.235. The minimum absolute atomic E-state index is 0.0492. The smallest absolute Gasteiger partial charge is 0.409 e. The highest BCUT2D eigenvalue weighted by Crippen LogP contribution is 2.21. The van der Waals surface area contributed by atoms with E-state index in [1.807, 2.05) is 0 Å². The fraction of sp³-hybridized carbons (Fsp3) is 0.556. The second kappa shape index (κ2) is 9.35. The quantitative estimate of drug-likeness (QED) is 0.772. The molecule has 1 saturated heterocycles. The van der Waals surface area contributed by atoms with Gasteiger partial charge in [0.1, 0.15) is 5.75 Å². The van der Waals surface area contributed by atoms with Gasteiger partial charge in [-0.1, -0.05) is 12.1 Å². The summed E-state index contributed by atoms with van der Waals surface area (Å²) in [4.78, 5) is 27.7. The molecule has 0 spiro atoms. The summed E-state index contributed by atoms with van der Waals surface area (Å²) in [6.07, 6.45) is 1.09. The van der Waals surface area contributed by atoms with Crippen molar-refractivity contribution in [2.24, 2.45) is 5.92 Å². The minimum atomic E-state index is -2.86. The zero-order chi connectivity index (χ0) is 19.1. The normalized spacial score (nSPS) is 17.1. The van der Waals surface area contributed by atoms with Crippen molar-refractivity contribution >= 4 is 12.0 Å². The Morgan fingerprint density at radius 3 is 2.62 bits per heavy atom. The topological polar surface area (TPSA) is 59.1 Å². The fourth-order valence-corrected chi connectivity index (χ4v) is 3.00. The summed E-state index contributed by atoms with van der Waals surface area (Å²) in [6, 6.07) is 6.19. The lowest BCUT2D eigenvalue weighted by molar-refractivity contribution is -0.136. The van der Waals surface area contributed by atoms with E-state index in [1.54, 1.807) is 35.9 Å². The van der Waals surface area contributed by atoms with Crippen molar-refractivity contribution < 1.29 is 27.8 Å². The van der Waals surface area contributed by atoms with Crippen molar-refractivity contribution in [3.8, 4) is 5.75 Å². The van der Waals surface area contributed by atoms with E-state index in [2.05, 4.69) is 4.74 Å². The van der Waals surface area contributed by atoms with Crippen LogP contribution >= 0.6 is 0 Å². The van der Waals surface area contributed by atoms with Crippen LogP contribution in [0.2, 0.25) is 0 Å². The van der Waals surface area contributed by atoms with Gasteiger partial charge in [-0.15, -0.1) is 0 Å². The van der Waals surface area contributed by atoms with Crippen molar-refractivity contribution in [1.82, 2.24) is 9.80 Å². The number of nitrogens with zero attached hydrogens (tertiary/aromatic N) is 2. The third-order valence-electron chi connectivity index (χ3n) is 4.24. The third-order valence-corrected chi connectivity index (χ3v) is 4.24. The summed E-state index contributed by atoms with van der Waals surface area (Å²) in [5.41, 5.74) is 0.806. The van der Waals surface area contributed by atoms with Crippen molar-refractivity contribution in [3.63, 3.8) is 0 Å². The van der Waals surface area contributed by atoms with Crippen LogP contribution in [-0.2, 0) is 16.1 Å². The van der Waals surface area contributed by atoms with E-state index in [4.69, 9.17) is 4.74 Å². The van der Waals surface area contributed by atoms with Gasteiger partial charge < -0.3 is 19.3 Å². The highest BCUT2D eigenvalue weighted by Gasteiger charge is 2.30. The maximum atomic E-state index is 12.7. The lowest BCUT2D eigenvalue weighted by Gasteiger charge is -2.33. The van der Waals surface area contributed by atoms with Gasteiger partial charge in [0.2, 0.25) is 5.91 Å². The number of benzene rings is 1. The van der Waals surface area contributed by atoms with E-state index in [0.717, 1.165) is 18.4 Å². The first kappa shape index (κ1) is 19.9. The van der Waals surface area contributed by atoms with Gasteiger partial charge in [-0.25, -0.2) is 4.79 Å². The standard InChI is InChI=1S/C18H24F2N2O4/c1-3-25-18(24)22-10-4-5-14(12-22)16(23)21(2)11-13-6-8-15(9-7-13)26-17(19)20/h6-9,14,17H,3-5,10-12H2,1-2H3. The van der Waals surface area contributed by atoms with Gasteiger partial charge in [0.25, 0.3) is 0 Å². The molecule has 1 heterocycles. The monoisotopic (exact) mass is 370 g/mol. The molecule has 0 aliphatic carbocycles. The van der Waals surface area contributed by atoms with Gasteiger partial charge >= 0.3 is 12.7 Å². The SMILES string of the molecule is CCOC(=O)N1CCCC(C(=O)N(C)Cc2ccc(OC(F)F)cc2)C1. The van der Waals surface area contributed by atoms with E-state index in [-0.39, 0.29) is 23.7 Å². The molecule has 1 fully saturated rings. The van der Waals surface area contributed by atoms with Crippen molar-refractivity contribution in [1.29, 1.82) is 0 Å². The number of hydrogen-bond acceptors (Lipinski definition) is 4. The van der Waals surface area contributed by atoms with E-state index < -0.39 is 6.61 Å². The predicted molar refractivity (Wildman–Crippen MR) is 90.9 cm³/mol. The van der Waals surface area contributed by atoms with Gasteiger partial charge in [-0.3, -0.25) is 4.79 Å². The molecule has 1 aromatic carbocycles. The molecule has 0 bridgehead atoms. The lowest BCUT2D eigenvalue weighted by Crippen LogP contribution is -2.45. The summed E-state index contributed by atoms with van der Waals surface area (Å²) in [7, 11) is 1.69. The average Bonchev–Trinajstić information content (AvgIpc) is 2.62. The van der Waals surface area contributed by atoms with E-state index >= 15 is 0 Å². The molecule has 0 aromatic heterocycles. The van der Waals surface area contributed by atoms with Gasteiger partial charge in [0.05, 0.1) is 12.5 Å². The highest BCUT2D eigenvalue weighted by atomic mass is 19.3. The first-order valence-corrected chi connectivity index (χ1v) is 8.61. The summed E-state index contributed by atoms with van der Waals surface area (Å²) < 4.78 is 33.6. The first-order valence-electron chi connectivity index (χ1n) is 8.61. The van der Waals surface area contributed by atoms with Crippen LogP contribution in [0.1, 0.15) is 25.3 Å². The van der Waals surface area contributed by atoms with Gasteiger partial charge in [0.15, 0.2) is 0 Å². The van der Waals surface area contributed by atoms with Gasteiger partial charge in [-0.2, -0.15) is 8.78 Å². The van der Waals surface area contributed by atoms with Crippen LogP contribution in [0.15, 0.2) is 24.3 Å². The highest BCUT2D eigenvalue weighted by molar-refractivity contribution is 5.80. The summed E-state index contributed by atoms with van der Waals surface area (Å²) >= 11 is 0. The number of piperidine rings is 1. The van der Waals surface area contributed by atoms with Crippen LogP contribution in [0, 0.1) is 5.92 Å². The zero-order valence-electron chi connectivity index (χ0n) is 15.0. The van der Waals surface area contributed by atoms with Crippen LogP contribution in [0.5, 0.6) is 5.75 Å². The van der Waals surface area contributed by atoms with Crippen LogP contribution in [0.4, 0.5) is 13.6 Å². The number of ether oxygens (including phenoxy) is 2. The predicted octanol–water partition coefficient (Wildman–Crippen LogP) is 3.11. The van der Waals surface area contributed by atoms with Crippen LogP contribution in [0.25, 0.3) is 0 Å². The lowest BCUT2D eigenvalue weighted by atomic mass is 9.96. The van der Waals surface area contributed by atoms with Gasteiger partial charge in [-0.05, 0) is 37.5 Å². The molecule has 2 amide bonds. The maximum Gasteiger partial charge on any atom is 0.409 e. The second-order valence-corrected chi connectivity index (χ2v) is 6.20. The number of alkyl halides is 2. The summed E-state index contributed by atoms with van der Waals surface area (Å²) in [5, 5.41) is 0. The Bertz CT molecular complexity index is 610. The molecule has 1 aliphatic rings. The minimum Gasteiger partial charge on any atom is -0.450 e. The number of amides is 2. The number of carbonyl (C=O) groups is 2. The number of hydrogen-bond donors (Lipinski definition) is 0. The molecule has 6 nitrogen and oxygen atoms in total. The van der Waals surface area contributed by atoms with E-state index in [1.165, 1.54) is 12.1 Å². The average molecular weight is 370 g/mol. The number of carbonyl (C=O) groups excluding carboxylic acids is 2. The molecule has 0 saturated carbocycles. The van der Waals surface area contributed by atoms with E-state index in [0.29, 0.717) is 26.2 Å². The Morgan fingerprint density at radius 1 is 1.31 bits per heavy atom. The first-order chi connectivity index (χ1) is 12.4. The van der Waals surface area contributed by atoms with Gasteiger partial charge in [0, 0.05) is 26.7 Å². The van der Waals surface area contributed by atoms with Crippen LogP contribution in [-0.4, -0.2) is 55.2 Å². The molecule has 0 N–H and O–H groups in total. The fourth-order valence-electron chi connectivity index (χ4n) is 3.00. The van der Waals surface area contributed by atoms with Crippen LogP contribution in [0.3, 0.4) is 0 Å². The molecule has 8 heteroatoms. The molecular formula is C18H24F2N2O4. The molecule has 2 rings (SSSR count). The largest absolute Gasteiger partial charge is 0.450 e. The Labute approximate surface area is 151 Å². The Morgan fingerprint density at radius 2 is 2.00 bits per heavy atom. The van der Waals surface area contributed by atoms with Crippen LogP contribution < -0.4 is 4.74 Å². The molecule has 1 aromatic rings. The molecular weight excluding hydrogens is 346 g/mol. The Kier molecular flexibility index (Phi) is 7.17. The molecule has 144 valence electrons. The number of likely N-dealkylation sites (tertiary alicyclic amines) is 1. The van der Waals surface area contributed by atoms with Crippen molar-refractivity contribution in [2.75, 3.05) is 26.7 Å². The third kappa shape index (κ3) is 5.57. The Hall–Kier alpha value is -2.38. The molecule has 1 atom stereocenters. The molecule has 0 radical (unpaired) electrons. The summed E-state index contributed by atoms with van der Waals surface area (Å²) in [6.45, 7) is 0.485. The van der Waals surface area contributed by atoms with E-state index in [9.17, 15) is 18.4 Å². The van der Waals surface area contributed by atoms with Crippen molar-refractivity contribution in [2.45, 2.75) is 32.9 Å². The Balaban J connectivity index is 1.91. The van der Waals surface area contributed by atoms with Crippen molar-refractivity contribution in [3.05, 3.63) is 29.8 Å². The molecule has 26 heavy (non-hydrogen) atoms. The maximum absolute atomic E-state index is 12.7. The molecule has 1 unspecified atom stereocenters. The number of rotatable bonds is 6. The second-order valence-electron chi connectivity index (χ2n) is 6.20. The molecule has 1 aliphatic heterocycles.